The summed E-state index contributed by atoms with van der Waals surface area (Å²) in [5.74, 6) is 0.611. The smallest absolute Gasteiger partial charge is 0.414 e. The van der Waals surface area contributed by atoms with Gasteiger partial charge in [0, 0.05) is 32.3 Å². The molecule has 1 heterocycles. The van der Waals surface area contributed by atoms with Crippen LogP contribution in [0.15, 0.2) is 28.5 Å². The summed E-state index contributed by atoms with van der Waals surface area (Å²) in [5.41, 5.74) is 6.82. The Morgan fingerprint density at radius 1 is 1.48 bits per heavy atom. The molecule has 2 aromatic rings. The largest absolute Gasteiger partial charge is 0.465 e. The number of thiazole rings is 1. The number of carbonyl (C=O) groups is 1. The summed E-state index contributed by atoms with van der Waals surface area (Å²) in [5, 5.41) is 12.3. The maximum absolute atomic E-state index is 11.5. The molecule has 0 bridgehead atoms. The predicted octanol–water partition coefficient (Wildman–Crippen LogP) is 4.95. The first-order chi connectivity index (χ1) is 10.7. The van der Waals surface area contributed by atoms with Crippen molar-refractivity contribution < 1.29 is 9.90 Å². The Balaban J connectivity index is 2.11. The topological polar surface area (TPSA) is 79.5 Å². The van der Waals surface area contributed by atoms with Gasteiger partial charge in [0.1, 0.15) is 0 Å². The van der Waals surface area contributed by atoms with Gasteiger partial charge in [-0.3, -0.25) is 0 Å². The van der Waals surface area contributed by atoms with Crippen molar-refractivity contribution in [3.8, 4) is 0 Å². The van der Waals surface area contributed by atoms with Crippen LogP contribution >= 0.6 is 34.7 Å². The van der Waals surface area contributed by atoms with Crippen LogP contribution in [0.1, 0.15) is 26.5 Å². The van der Waals surface area contributed by atoms with Crippen LogP contribution in [0.4, 0.5) is 15.6 Å². The molecule has 0 saturated heterocycles. The summed E-state index contributed by atoms with van der Waals surface area (Å²) in [6.07, 6.45) is -1.01. The van der Waals surface area contributed by atoms with E-state index in [1.807, 2.05) is 32.2 Å². The molecule has 2 rings (SSSR count). The number of rotatable bonds is 4. The van der Waals surface area contributed by atoms with E-state index < -0.39 is 11.6 Å². The van der Waals surface area contributed by atoms with Gasteiger partial charge in [-0.05, 0) is 39.0 Å². The molecule has 124 valence electrons. The number of thioether (sulfide) groups is 1. The van der Waals surface area contributed by atoms with Gasteiger partial charge < -0.3 is 10.8 Å². The van der Waals surface area contributed by atoms with Gasteiger partial charge in [-0.15, -0.1) is 23.1 Å². The maximum atomic E-state index is 11.5. The van der Waals surface area contributed by atoms with Gasteiger partial charge in [0.25, 0.3) is 0 Å². The standard InChI is InChI=1S/C15H18ClN3O2S2/c1-15(2,3)19(14(20)21)13-18-10(8-23-13)7-22-12-5-4-9(16)6-11(12)17/h4-6,8H,7,17H2,1-3H3,(H,20,21). The average Bonchev–Trinajstić information content (AvgIpc) is 2.83. The molecule has 0 saturated carbocycles. The van der Waals surface area contributed by atoms with E-state index in [9.17, 15) is 9.90 Å². The Kier molecular flexibility index (Phi) is 5.44. The van der Waals surface area contributed by atoms with E-state index in [1.165, 1.54) is 16.2 Å². The third kappa shape index (κ3) is 4.53. The van der Waals surface area contributed by atoms with Crippen LogP contribution in [-0.2, 0) is 5.75 Å². The number of benzene rings is 1. The Morgan fingerprint density at radius 2 is 2.17 bits per heavy atom. The molecule has 8 heteroatoms. The number of carboxylic acid groups (broad SMARTS) is 1. The van der Waals surface area contributed by atoms with Crippen LogP contribution in [0.25, 0.3) is 0 Å². The fourth-order valence-corrected chi connectivity index (χ4v) is 4.06. The summed E-state index contributed by atoms with van der Waals surface area (Å²) in [7, 11) is 0. The molecule has 0 spiro atoms. The van der Waals surface area contributed by atoms with Crippen molar-refractivity contribution in [2.45, 2.75) is 37.0 Å². The molecule has 0 unspecified atom stereocenters. The van der Waals surface area contributed by atoms with Crippen molar-refractivity contribution in [3.05, 3.63) is 34.3 Å². The summed E-state index contributed by atoms with van der Waals surface area (Å²) in [6.45, 7) is 5.52. The summed E-state index contributed by atoms with van der Waals surface area (Å²) in [6, 6.07) is 5.37. The van der Waals surface area contributed by atoms with Crippen molar-refractivity contribution in [1.82, 2.24) is 4.98 Å². The van der Waals surface area contributed by atoms with Crippen molar-refractivity contribution in [1.29, 1.82) is 0 Å². The van der Waals surface area contributed by atoms with Crippen molar-refractivity contribution in [2.24, 2.45) is 0 Å². The molecular weight excluding hydrogens is 354 g/mol. The van der Waals surface area contributed by atoms with Gasteiger partial charge in [0.15, 0.2) is 5.13 Å². The number of hydrogen-bond acceptors (Lipinski definition) is 5. The summed E-state index contributed by atoms with van der Waals surface area (Å²) in [4.78, 5) is 18.1. The molecule has 0 fully saturated rings. The lowest BCUT2D eigenvalue weighted by molar-refractivity contribution is 0.195. The van der Waals surface area contributed by atoms with Crippen molar-refractivity contribution >= 4 is 51.6 Å². The molecule has 3 N–H and O–H groups in total. The predicted molar refractivity (Wildman–Crippen MR) is 97.8 cm³/mol. The molecule has 0 aliphatic rings. The SMILES string of the molecule is CC(C)(C)N(C(=O)O)c1nc(CSc2ccc(Cl)cc2N)cs1. The second-order valence-corrected chi connectivity index (χ2v) is 8.17. The molecule has 0 radical (unpaired) electrons. The molecule has 23 heavy (non-hydrogen) atoms. The summed E-state index contributed by atoms with van der Waals surface area (Å²) >= 11 is 8.75. The van der Waals surface area contributed by atoms with Crippen molar-refractivity contribution in [2.75, 3.05) is 10.6 Å². The minimum Gasteiger partial charge on any atom is -0.465 e. The van der Waals surface area contributed by atoms with E-state index in [0.717, 1.165) is 10.6 Å². The van der Waals surface area contributed by atoms with E-state index in [2.05, 4.69) is 4.98 Å². The molecule has 1 aromatic heterocycles. The van der Waals surface area contributed by atoms with Crippen LogP contribution in [0.3, 0.4) is 0 Å². The van der Waals surface area contributed by atoms with E-state index in [4.69, 9.17) is 17.3 Å². The van der Waals surface area contributed by atoms with E-state index in [1.54, 1.807) is 23.9 Å². The van der Waals surface area contributed by atoms with E-state index in [-0.39, 0.29) is 0 Å². The molecule has 1 amide bonds. The number of nitrogens with zero attached hydrogens (tertiary/aromatic N) is 2. The fourth-order valence-electron chi connectivity index (χ4n) is 1.92. The molecule has 5 nitrogen and oxygen atoms in total. The number of halogens is 1. The Bertz CT molecular complexity index is 713. The van der Waals surface area contributed by atoms with Gasteiger partial charge in [0.05, 0.1) is 5.69 Å². The average molecular weight is 372 g/mol. The molecule has 0 aliphatic carbocycles. The van der Waals surface area contributed by atoms with Crippen molar-refractivity contribution in [3.63, 3.8) is 0 Å². The molecular formula is C15H18ClN3O2S2. The van der Waals surface area contributed by atoms with Crippen LogP contribution < -0.4 is 10.6 Å². The first-order valence-electron chi connectivity index (χ1n) is 6.84. The first-order valence-corrected chi connectivity index (χ1v) is 9.08. The lowest BCUT2D eigenvalue weighted by Gasteiger charge is -2.30. The van der Waals surface area contributed by atoms with Crippen LogP contribution in [0, 0.1) is 0 Å². The van der Waals surface area contributed by atoms with E-state index >= 15 is 0 Å². The van der Waals surface area contributed by atoms with Gasteiger partial charge in [-0.25, -0.2) is 14.7 Å². The van der Waals surface area contributed by atoms with Crippen LogP contribution in [-0.4, -0.2) is 21.7 Å². The highest BCUT2D eigenvalue weighted by atomic mass is 35.5. The quantitative estimate of drug-likeness (QED) is 0.586. The zero-order chi connectivity index (χ0) is 17.2. The molecule has 0 aliphatic heterocycles. The monoisotopic (exact) mass is 371 g/mol. The molecule has 0 atom stereocenters. The minimum atomic E-state index is -1.01. The number of nitrogen functional groups attached to an aromatic ring is 1. The normalized spacial score (nSPS) is 11.5. The zero-order valence-corrected chi connectivity index (χ0v) is 15.4. The Morgan fingerprint density at radius 3 is 2.74 bits per heavy atom. The number of anilines is 2. The highest BCUT2D eigenvalue weighted by molar-refractivity contribution is 7.98. The fraction of sp³-hybridized carbons (Fsp3) is 0.333. The number of hydrogen-bond donors (Lipinski definition) is 2. The number of amides is 1. The Hall–Kier alpha value is -1.44. The van der Waals surface area contributed by atoms with Gasteiger partial charge in [-0.2, -0.15) is 0 Å². The minimum absolute atomic E-state index is 0.477. The lowest BCUT2D eigenvalue weighted by atomic mass is 10.1. The zero-order valence-electron chi connectivity index (χ0n) is 13.0. The second-order valence-electron chi connectivity index (χ2n) is 5.88. The third-order valence-corrected chi connectivity index (χ3v) is 5.17. The third-order valence-electron chi connectivity index (χ3n) is 2.94. The number of aromatic nitrogens is 1. The van der Waals surface area contributed by atoms with Gasteiger partial charge in [-0.1, -0.05) is 11.6 Å². The van der Waals surface area contributed by atoms with E-state index in [0.29, 0.717) is 21.6 Å². The lowest BCUT2D eigenvalue weighted by Crippen LogP contribution is -2.45. The Labute approximate surface area is 148 Å². The van der Waals surface area contributed by atoms with Crippen LogP contribution in [0.2, 0.25) is 5.02 Å². The second kappa shape index (κ2) is 6.98. The highest BCUT2D eigenvalue weighted by Gasteiger charge is 2.30. The maximum Gasteiger partial charge on any atom is 0.414 e. The van der Waals surface area contributed by atoms with Crippen LogP contribution in [0.5, 0.6) is 0 Å². The highest BCUT2D eigenvalue weighted by Crippen LogP contribution is 2.33. The van der Waals surface area contributed by atoms with Gasteiger partial charge >= 0.3 is 6.09 Å². The first kappa shape index (κ1) is 17.9. The number of nitrogens with two attached hydrogens (primary N) is 1. The molecule has 1 aromatic carbocycles. The summed E-state index contributed by atoms with van der Waals surface area (Å²) < 4.78 is 0. The van der Waals surface area contributed by atoms with Gasteiger partial charge in [0.2, 0.25) is 0 Å².